The molecule has 2 N–H and O–H groups in total. The fourth-order valence-electron chi connectivity index (χ4n) is 1.68. The molecule has 2 aromatic rings. The lowest BCUT2D eigenvalue weighted by Crippen LogP contribution is -2.37. The maximum absolute atomic E-state index is 11.6. The molecule has 6 nitrogen and oxygen atoms in total. The molecular formula is C14H15ClN4O2. The number of benzene rings is 1. The van der Waals surface area contributed by atoms with Crippen molar-refractivity contribution in [2.24, 2.45) is 0 Å². The zero-order valence-corrected chi connectivity index (χ0v) is 12.0. The molecule has 0 aliphatic carbocycles. The highest BCUT2D eigenvalue weighted by molar-refractivity contribution is 6.30. The first kappa shape index (κ1) is 15.1. The second kappa shape index (κ2) is 7.44. The first-order chi connectivity index (χ1) is 10.1. The van der Waals surface area contributed by atoms with Crippen LogP contribution in [0.25, 0.3) is 0 Å². The number of aromatic nitrogens is 2. The number of urea groups is 1. The van der Waals surface area contributed by atoms with Gasteiger partial charge in [0.05, 0.1) is 6.33 Å². The number of carbonyl (C=O) groups excluding carboxylic acids is 1. The SMILES string of the molecule is O=C(NCCn1cnccc1=O)NCc1ccc(Cl)cc1. The lowest BCUT2D eigenvalue weighted by atomic mass is 10.2. The van der Waals surface area contributed by atoms with E-state index >= 15 is 0 Å². The van der Waals surface area contributed by atoms with Crippen LogP contribution in [0.5, 0.6) is 0 Å². The van der Waals surface area contributed by atoms with E-state index in [0.717, 1.165) is 5.56 Å². The van der Waals surface area contributed by atoms with Gasteiger partial charge in [0.1, 0.15) is 0 Å². The zero-order chi connectivity index (χ0) is 15.1. The third kappa shape index (κ3) is 4.92. The first-order valence-corrected chi connectivity index (χ1v) is 6.79. The van der Waals surface area contributed by atoms with Crippen LogP contribution < -0.4 is 16.2 Å². The third-order valence-electron chi connectivity index (χ3n) is 2.80. The molecule has 0 radical (unpaired) electrons. The Hall–Kier alpha value is -2.34. The Balaban J connectivity index is 1.71. The van der Waals surface area contributed by atoms with E-state index < -0.39 is 0 Å². The first-order valence-electron chi connectivity index (χ1n) is 6.42. The van der Waals surface area contributed by atoms with E-state index in [9.17, 15) is 9.59 Å². The Bertz CT molecular complexity index is 655. The van der Waals surface area contributed by atoms with Gasteiger partial charge in [-0.15, -0.1) is 0 Å². The zero-order valence-electron chi connectivity index (χ0n) is 11.3. The van der Waals surface area contributed by atoms with Crippen LogP contribution in [0.1, 0.15) is 5.56 Å². The molecule has 2 rings (SSSR count). The van der Waals surface area contributed by atoms with Gasteiger partial charge in [-0.3, -0.25) is 9.36 Å². The standard InChI is InChI=1S/C14H15ClN4O2/c15-12-3-1-11(2-4-12)9-18-14(21)17-7-8-19-10-16-6-5-13(19)20/h1-6,10H,7-9H2,(H2,17,18,21). The summed E-state index contributed by atoms with van der Waals surface area (Å²) in [5.74, 6) is 0. The van der Waals surface area contributed by atoms with Gasteiger partial charge in [-0.1, -0.05) is 23.7 Å². The maximum Gasteiger partial charge on any atom is 0.315 e. The van der Waals surface area contributed by atoms with Crippen LogP contribution in [0, 0.1) is 0 Å². The van der Waals surface area contributed by atoms with Crippen molar-refractivity contribution >= 4 is 17.6 Å². The lowest BCUT2D eigenvalue weighted by molar-refractivity contribution is 0.240. The van der Waals surface area contributed by atoms with Crippen LogP contribution in [-0.4, -0.2) is 22.1 Å². The monoisotopic (exact) mass is 306 g/mol. The molecule has 1 heterocycles. The molecule has 0 atom stereocenters. The van der Waals surface area contributed by atoms with Gasteiger partial charge in [0, 0.05) is 36.9 Å². The van der Waals surface area contributed by atoms with Gasteiger partial charge in [-0.25, -0.2) is 9.78 Å². The van der Waals surface area contributed by atoms with Crippen LogP contribution >= 0.6 is 11.6 Å². The van der Waals surface area contributed by atoms with Gasteiger partial charge in [-0.2, -0.15) is 0 Å². The lowest BCUT2D eigenvalue weighted by Gasteiger charge is -2.08. The van der Waals surface area contributed by atoms with Gasteiger partial charge in [-0.05, 0) is 17.7 Å². The summed E-state index contributed by atoms with van der Waals surface area (Å²) < 4.78 is 1.43. The van der Waals surface area contributed by atoms with Crippen LogP contribution in [0.15, 0.2) is 47.7 Å². The van der Waals surface area contributed by atoms with Crippen molar-refractivity contribution in [3.8, 4) is 0 Å². The van der Waals surface area contributed by atoms with E-state index in [-0.39, 0.29) is 11.6 Å². The average molecular weight is 307 g/mol. The molecule has 0 saturated heterocycles. The van der Waals surface area contributed by atoms with Gasteiger partial charge in [0.25, 0.3) is 5.56 Å². The number of hydrogen-bond acceptors (Lipinski definition) is 3. The van der Waals surface area contributed by atoms with E-state index in [4.69, 9.17) is 11.6 Å². The minimum Gasteiger partial charge on any atom is -0.336 e. The normalized spacial score (nSPS) is 10.1. The highest BCUT2D eigenvalue weighted by Gasteiger charge is 2.01. The summed E-state index contributed by atoms with van der Waals surface area (Å²) in [5.41, 5.74) is 0.811. The highest BCUT2D eigenvalue weighted by atomic mass is 35.5. The van der Waals surface area contributed by atoms with E-state index in [1.807, 2.05) is 12.1 Å². The van der Waals surface area contributed by atoms with Crippen LogP contribution in [0.4, 0.5) is 4.79 Å². The molecule has 110 valence electrons. The van der Waals surface area contributed by atoms with Crippen LogP contribution in [0.3, 0.4) is 0 Å². The number of halogens is 1. The highest BCUT2D eigenvalue weighted by Crippen LogP contribution is 2.08. The van der Waals surface area contributed by atoms with Crippen molar-refractivity contribution in [2.45, 2.75) is 13.1 Å². The summed E-state index contributed by atoms with van der Waals surface area (Å²) in [6, 6.07) is 8.31. The molecule has 1 aromatic heterocycles. The predicted octanol–water partition coefficient (Wildman–Crippen LogP) is 1.40. The Labute approximate surface area is 126 Å². The van der Waals surface area contributed by atoms with Gasteiger partial charge in [0.15, 0.2) is 0 Å². The van der Waals surface area contributed by atoms with Gasteiger partial charge in [0.2, 0.25) is 0 Å². The van der Waals surface area contributed by atoms with E-state index in [1.165, 1.54) is 23.2 Å². The number of amides is 2. The van der Waals surface area contributed by atoms with Crippen molar-refractivity contribution in [3.63, 3.8) is 0 Å². The Kier molecular flexibility index (Phi) is 5.34. The summed E-state index contributed by atoms with van der Waals surface area (Å²) in [4.78, 5) is 26.9. The molecule has 21 heavy (non-hydrogen) atoms. The second-order valence-corrected chi connectivity index (χ2v) is 4.78. The number of rotatable bonds is 5. The van der Waals surface area contributed by atoms with Crippen molar-refractivity contribution in [3.05, 3.63) is 63.8 Å². The summed E-state index contributed by atoms with van der Waals surface area (Å²) in [6.45, 7) is 1.13. The van der Waals surface area contributed by atoms with Gasteiger partial charge < -0.3 is 10.6 Å². The predicted molar refractivity (Wildman–Crippen MR) is 80.2 cm³/mol. The van der Waals surface area contributed by atoms with Crippen molar-refractivity contribution in [1.29, 1.82) is 0 Å². The quantitative estimate of drug-likeness (QED) is 0.876. The smallest absolute Gasteiger partial charge is 0.315 e. The topological polar surface area (TPSA) is 76.0 Å². The number of nitrogens with one attached hydrogen (secondary N) is 2. The molecule has 2 amide bonds. The number of carbonyl (C=O) groups is 1. The second-order valence-electron chi connectivity index (χ2n) is 4.35. The molecule has 0 aliphatic rings. The summed E-state index contributed by atoms with van der Waals surface area (Å²) in [7, 11) is 0. The summed E-state index contributed by atoms with van der Waals surface area (Å²) in [5, 5.41) is 6.06. The minimum absolute atomic E-state index is 0.145. The molecule has 0 saturated carbocycles. The molecular weight excluding hydrogens is 292 g/mol. The summed E-state index contributed by atoms with van der Waals surface area (Å²) in [6.07, 6.45) is 2.88. The third-order valence-corrected chi connectivity index (χ3v) is 3.05. The summed E-state index contributed by atoms with van der Waals surface area (Å²) >= 11 is 5.78. The van der Waals surface area contributed by atoms with E-state index in [2.05, 4.69) is 15.6 Å². The molecule has 0 fully saturated rings. The Morgan fingerprint density at radius 2 is 1.95 bits per heavy atom. The fourth-order valence-corrected chi connectivity index (χ4v) is 1.81. The molecule has 7 heteroatoms. The molecule has 0 bridgehead atoms. The van der Waals surface area contributed by atoms with Gasteiger partial charge >= 0.3 is 6.03 Å². The molecule has 0 aliphatic heterocycles. The number of nitrogens with zero attached hydrogens (tertiary/aromatic N) is 2. The average Bonchev–Trinajstić information content (AvgIpc) is 2.49. The fraction of sp³-hybridized carbons (Fsp3) is 0.214. The Morgan fingerprint density at radius 3 is 2.67 bits per heavy atom. The Morgan fingerprint density at radius 1 is 1.19 bits per heavy atom. The van der Waals surface area contributed by atoms with E-state index in [1.54, 1.807) is 12.1 Å². The molecule has 0 spiro atoms. The van der Waals surface area contributed by atoms with Crippen LogP contribution in [0.2, 0.25) is 5.02 Å². The molecule has 0 unspecified atom stereocenters. The van der Waals surface area contributed by atoms with E-state index in [0.29, 0.717) is 24.7 Å². The maximum atomic E-state index is 11.6. The number of hydrogen-bond donors (Lipinski definition) is 2. The van der Waals surface area contributed by atoms with Crippen molar-refractivity contribution in [1.82, 2.24) is 20.2 Å². The van der Waals surface area contributed by atoms with Crippen molar-refractivity contribution < 1.29 is 4.79 Å². The largest absolute Gasteiger partial charge is 0.336 e. The van der Waals surface area contributed by atoms with Crippen molar-refractivity contribution in [2.75, 3.05) is 6.54 Å². The van der Waals surface area contributed by atoms with Crippen LogP contribution in [-0.2, 0) is 13.1 Å². The minimum atomic E-state index is -0.290. The molecule has 1 aromatic carbocycles.